The first-order valence-corrected chi connectivity index (χ1v) is 12.4. The zero-order valence-electron chi connectivity index (χ0n) is 20.7. The SMILES string of the molecule is Cc1ncsc1CN1CC2(CC(CCOc3ccccn3)CCO2)C1.O=C(O)C(F)(F)F.O=C(O)C(F)(F)F. The van der Waals surface area contributed by atoms with E-state index in [0.717, 1.165) is 58.0 Å². The van der Waals surface area contributed by atoms with Crippen LogP contribution in [0.5, 0.6) is 5.88 Å². The minimum absolute atomic E-state index is 0.0759. The normalized spacial score (nSPS) is 18.6. The van der Waals surface area contributed by atoms with E-state index < -0.39 is 24.3 Å². The van der Waals surface area contributed by atoms with Gasteiger partial charge in [0.25, 0.3) is 0 Å². The van der Waals surface area contributed by atoms with Crippen LogP contribution in [-0.2, 0) is 20.9 Å². The van der Waals surface area contributed by atoms with Gasteiger partial charge in [-0.15, -0.1) is 11.3 Å². The van der Waals surface area contributed by atoms with Crippen molar-refractivity contribution in [2.45, 2.75) is 50.7 Å². The number of halogens is 6. The molecule has 0 saturated carbocycles. The third-order valence-corrected chi connectivity index (χ3v) is 6.65. The first kappa shape index (κ1) is 32.2. The Kier molecular flexibility index (Phi) is 11.5. The molecule has 2 saturated heterocycles. The van der Waals surface area contributed by atoms with Gasteiger partial charge in [-0.05, 0) is 38.2 Å². The number of carboxylic acids is 2. The number of pyridine rings is 1. The molecule has 2 N–H and O–H groups in total. The lowest BCUT2D eigenvalue weighted by Crippen LogP contribution is -2.64. The van der Waals surface area contributed by atoms with Gasteiger partial charge in [-0.2, -0.15) is 26.3 Å². The summed E-state index contributed by atoms with van der Waals surface area (Å²) in [5, 5.41) is 14.2. The van der Waals surface area contributed by atoms with Crippen molar-refractivity contribution in [2.75, 3.05) is 26.3 Å². The number of ether oxygens (including phenoxy) is 2. The topological polar surface area (TPSA) is 122 Å². The Morgan fingerprint density at radius 3 is 2.23 bits per heavy atom. The fraction of sp³-hybridized carbons (Fsp3) is 0.565. The van der Waals surface area contributed by atoms with E-state index in [1.165, 1.54) is 10.6 Å². The molecule has 39 heavy (non-hydrogen) atoms. The van der Waals surface area contributed by atoms with Gasteiger partial charge < -0.3 is 19.7 Å². The Morgan fingerprint density at radius 1 is 1.13 bits per heavy atom. The Morgan fingerprint density at radius 2 is 1.74 bits per heavy atom. The molecule has 1 atom stereocenters. The molecule has 2 aliphatic rings. The number of aromatic nitrogens is 2. The summed E-state index contributed by atoms with van der Waals surface area (Å²) in [4.78, 5) is 30.2. The van der Waals surface area contributed by atoms with Gasteiger partial charge >= 0.3 is 24.3 Å². The highest BCUT2D eigenvalue weighted by Crippen LogP contribution is 2.39. The molecule has 16 heteroatoms. The van der Waals surface area contributed by atoms with E-state index in [4.69, 9.17) is 29.3 Å². The largest absolute Gasteiger partial charge is 0.490 e. The Labute approximate surface area is 223 Å². The lowest BCUT2D eigenvalue weighted by atomic mass is 9.79. The number of aliphatic carboxylic acids is 2. The Bertz CT molecular complexity index is 1040. The van der Waals surface area contributed by atoms with Crippen molar-refractivity contribution >= 4 is 23.3 Å². The molecule has 9 nitrogen and oxygen atoms in total. The highest BCUT2D eigenvalue weighted by Gasteiger charge is 2.47. The molecule has 0 amide bonds. The van der Waals surface area contributed by atoms with Crippen LogP contribution in [0.3, 0.4) is 0 Å². The third-order valence-electron chi connectivity index (χ3n) is 5.73. The molecular formula is C23H27F6N3O6S. The second-order valence-electron chi connectivity index (χ2n) is 8.81. The first-order valence-electron chi connectivity index (χ1n) is 11.5. The molecule has 2 aromatic rings. The zero-order valence-corrected chi connectivity index (χ0v) is 21.5. The fourth-order valence-electron chi connectivity index (χ4n) is 3.92. The van der Waals surface area contributed by atoms with E-state index in [-0.39, 0.29) is 5.60 Å². The summed E-state index contributed by atoms with van der Waals surface area (Å²) >= 11 is 1.76. The molecule has 2 aliphatic heterocycles. The quantitative estimate of drug-likeness (QED) is 0.469. The summed E-state index contributed by atoms with van der Waals surface area (Å²) in [6.07, 6.45) is -5.03. The predicted octanol–water partition coefficient (Wildman–Crippen LogP) is 4.56. The van der Waals surface area contributed by atoms with Crippen molar-refractivity contribution in [1.29, 1.82) is 0 Å². The first-order chi connectivity index (χ1) is 18.1. The summed E-state index contributed by atoms with van der Waals surface area (Å²) in [5.74, 6) is -4.11. The summed E-state index contributed by atoms with van der Waals surface area (Å²) in [6.45, 7) is 6.80. The van der Waals surface area contributed by atoms with Crippen LogP contribution >= 0.6 is 11.3 Å². The van der Waals surface area contributed by atoms with Crippen molar-refractivity contribution in [2.24, 2.45) is 5.92 Å². The molecule has 0 radical (unpaired) electrons. The van der Waals surface area contributed by atoms with Crippen molar-refractivity contribution < 1.29 is 55.6 Å². The highest BCUT2D eigenvalue weighted by atomic mass is 32.1. The average Bonchev–Trinajstić information content (AvgIpc) is 3.23. The number of aryl methyl sites for hydroxylation is 1. The summed E-state index contributed by atoms with van der Waals surface area (Å²) in [7, 11) is 0. The Balaban J connectivity index is 0.000000317. The van der Waals surface area contributed by atoms with Gasteiger partial charge in [-0.1, -0.05) is 6.07 Å². The van der Waals surface area contributed by atoms with Crippen molar-refractivity contribution in [3.05, 3.63) is 40.5 Å². The number of hydrogen-bond acceptors (Lipinski definition) is 8. The van der Waals surface area contributed by atoms with Crippen LogP contribution in [0, 0.1) is 12.8 Å². The standard InChI is InChI=1S/C19H25N3O2S.2C2HF3O2/c1-15-17(25-14-21-15)11-22-12-19(13-22)10-16(6-9-24-19)5-8-23-18-4-2-3-7-20-18;2*3-2(4,5)1(6)7/h2-4,7,14,16H,5-6,8-13H2,1H3;2*(H,6,7). The monoisotopic (exact) mass is 587 g/mol. The van der Waals surface area contributed by atoms with E-state index in [2.05, 4.69) is 21.8 Å². The molecule has 4 rings (SSSR count). The summed E-state index contributed by atoms with van der Waals surface area (Å²) < 4.78 is 75.4. The maximum Gasteiger partial charge on any atom is 0.490 e. The van der Waals surface area contributed by atoms with Gasteiger partial charge in [0.1, 0.15) is 0 Å². The predicted molar refractivity (Wildman–Crippen MR) is 125 cm³/mol. The van der Waals surface area contributed by atoms with Crippen LogP contribution in [0.2, 0.25) is 0 Å². The Hall–Kier alpha value is -2.98. The van der Waals surface area contributed by atoms with Gasteiger partial charge in [0.05, 0.1) is 23.4 Å². The van der Waals surface area contributed by atoms with Gasteiger partial charge in [0.15, 0.2) is 0 Å². The number of thiazole rings is 1. The molecule has 0 bridgehead atoms. The molecule has 0 aliphatic carbocycles. The number of likely N-dealkylation sites (tertiary alicyclic amines) is 1. The van der Waals surface area contributed by atoms with Gasteiger partial charge in [0, 0.05) is 43.4 Å². The molecule has 1 spiro atoms. The van der Waals surface area contributed by atoms with Crippen molar-refractivity contribution in [3.8, 4) is 5.88 Å². The van der Waals surface area contributed by atoms with Gasteiger partial charge in [-0.3, -0.25) is 4.90 Å². The second kappa shape index (κ2) is 13.9. The third kappa shape index (κ3) is 11.0. The molecule has 0 aromatic carbocycles. The average molecular weight is 588 g/mol. The number of carbonyl (C=O) groups is 2. The van der Waals surface area contributed by atoms with Crippen LogP contribution in [0.1, 0.15) is 29.8 Å². The number of alkyl halides is 6. The maximum absolute atomic E-state index is 10.6. The van der Waals surface area contributed by atoms with E-state index in [1.54, 1.807) is 17.5 Å². The molecule has 2 fully saturated rings. The van der Waals surface area contributed by atoms with E-state index in [9.17, 15) is 26.3 Å². The minimum Gasteiger partial charge on any atom is -0.478 e. The number of hydrogen-bond donors (Lipinski definition) is 2. The highest BCUT2D eigenvalue weighted by molar-refractivity contribution is 7.09. The number of carboxylic acid groups (broad SMARTS) is 2. The van der Waals surface area contributed by atoms with Crippen LogP contribution in [0.25, 0.3) is 0 Å². The minimum atomic E-state index is -5.08. The molecule has 1 unspecified atom stereocenters. The van der Waals surface area contributed by atoms with E-state index >= 15 is 0 Å². The van der Waals surface area contributed by atoms with E-state index in [1.807, 2.05) is 23.7 Å². The van der Waals surface area contributed by atoms with Crippen molar-refractivity contribution in [1.82, 2.24) is 14.9 Å². The van der Waals surface area contributed by atoms with Gasteiger partial charge in [0.2, 0.25) is 5.88 Å². The van der Waals surface area contributed by atoms with Crippen LogP contribution < -0.4 is 4.74 Å². The maximum atomic E-state index is 10.6. The van der Waals surface area contributed by atoms with Crippen LogP contribution in [0.15, 0.2) is 29.9 Å². The smallest absolute Gasteiger partial charge is 0.478 e. The number of nitrogens with zero attached hydrogens (tertiary/aromatic N) is 3. The molecule has 4 heterocycles. The van der Waals surface area contributed by atoms with Crippen LogP contribution in [0.4, 0.5) is 26.3 Å². The van der Waals surface area contributed by atoms with Crippen molar-refractivity contribution in [3.63, 3.8) is 0 Å². The van der Waals surface area contributed by atoms with Gasteiger partial charge in [-0.25, -0.2) is 19.6 Å². The number of rotatable bonds is 6. The fourth-order valence-corrected chi connectivity index (χ4v) is 4.74. The van der Waals surface area contributed by atoms with Crippen LogP contribution in [-0.4, -0.2) is 81.3 Å². The summed E-state index contributed by atoms with van der Waals surface area (Å²) in [6, 6.07) is 5.78. The summed E-state index contributed by atoms with van der Waals surface area (Å²) in [5.41, 5.74) is 3.18. The molecule has 218 valence electrons. The molecule has 2 aromatic heterocycles. The lowest BCUT2D eigenvalue weighted by molar-refractivity contribution is -0.193. The van der Waals surface area contributed by atoms with E-state index in [0.29, 0.717) is 5.92 Å². The lowest BCUT2D eigenvalue weighted by Gasteiger charge is -2.53. The molecular weight excluding hydrogens is 560 g/mol. The zero-order chi connectivity index (χ0) is 29.3. The second-order valence-corrected chi connectivity index (χ2v) is 9.75.